The van der Waals surface area contributed by atoms with Gasteiger partial charge >= 0.3 is 0 Å². The van der Waals surface area contributed by atoms with Crippen LogP contribution in [-0.2, 0) is 21.4 Å². The van der Waals surface area contributed by atoms with Gasteiger partial charge in [0.1, 0.15) is 18.1 Å². The molecule has 0 saturated carbocycles. The first-order chi connectivity index (χ1) is 14.8. The van der Waals surface area contributed by atoms with Gasteiger partial charge in [0.15, 0.2) is 0 Å². The van der Waals surface area contributed by atoms with E-state index in [2.05, 4.69) is 0 Å². The summed E-state index contributed by atoms with van der Waals surface area (Å²) in [6, 6.07) is 20.4. The zero-order chi connectivity index (χ0) is 22.4. The molecule has 31 heavy (non-hydrogen) atoms. The molecular formula is C23H23FN2O4S. The van der Waals surface area contributed by atoms with Crippen LogP contribution < -0.4 is 9.04 Å². The lowest BCUT2D eigenvalue weighted by atomic mass is 10.2. The maximum absolute atomic E-state index is 13.4. The van der Waals surface area contributed by atoms with Gasteiger partial charge in [-0.15, -0.1) is 0 Å². The van der Waals surface area contributed by atoms with Crippen LogP contribution in [0.1, 0.15) is 5.56 Å². The molecule has 0 bridgehead atoms. The van der Waals surface area contributed by atoms with Gasteiger partial charge < -0.3 is 9.64 Å². The highest BCUT2D eigenvalue weighted by Gasteiger charge is 2.30. The number of hydrogen-bond donors (Lipinski definition) is 0. The second kappa shape index (κ2) is 9.61. The Balaban J connectivity index is 1.96. The second-order valence-corrected chi connectivity index (χ2v) is 8.74. The minimum atomic E-state index is -4.17. The standard InChI is InChI=1S/C23H23FN2O4S/c1-25(16-18-8-4-3-5-9-18)23(27)17-26(21-10-6-7-11-22(21)30-2)31(28,29)20-14-12-19(24)13-15-20/h3-15H,16-17H2,1-2H3. The summed E-state index contributed by atoms with van der Waals surface area (Å²) in [4.78, 5) is 14.3. The molecule has 0 N–H and O–H groups in total. The smallest absolute Gasteiger partial charge is 0.264 e. The molecule has 0 atom stereocenters. The van der Waals surface area contributed by atoms with Gasteiger partial charge in [0, 0.05) is 13.6 Å². The van der Waals surface area contributed by atoms with E-state index >= 15 is 0 Å². The Kier molecular flexibility index (Phi) is 6.91. The number of nitrogens with zero attached hydrogens (tertiary/aromatic N) is 2. The van der Waals surface area contributed by atoms with Crippen molar-refractivity contribution < 1.29 is 22.3 Å². The molecule has 0 aliphatic rings. The third-order valence-corrected chi connectivity index (χ3v) is 6.50. The SMILES string of the molecule is COc1ccccc1N(CC(=O)N(C)Cc1ccccc1)S(=O)(=O)c1ccc(F)cc1. The zero-order valence-electron chi connectivity index (χ0n) is 17.2. The Morgan fingerprint density at radius 1 is 0.935 bits per heavy atom. The van der Waals surface area contributed by atoms with Crippen LogP contribution in [0.4, 0.5) is 10.1 Å². The molecular weight excluding hydrogens is 419 g/mol. The molecule has 0 saturated heterocycles. The summed E-state index contributed by atoms with van der Waals surface area (Å²) in [5.41, 5.74) is 1.14. The van der Waals surface area contributed by atoms with Crippen LogP contribution in [0, 0.1) is 5.82 Å². The molecule has 8 heteroatoms. The molecule has 1 amide bonds. The fourth-order valence-corrected chi connectivity index (χ4v) is 4.48. The molecule has 3 rings (SSSR count). The van der Waals surface area contributed by atoms with E-state index in [1.807, 2.05) is 30.3 Å². The van der Waals surface area contributed by atoms with Crippen molar-refractivity contribution in [3.05, 3.63) is 90.2 Å². The summed E-state index contributed by atoms with van der Waals surface area (Å²) < 4.78 is 46.5. The summed E-state index contributed by atoms with van der Waals surface area (Å²) in [6.07, 6.45) is 0. The van der Waals surface area contributed by atoms with Gasteiger partial charge in [-0.2, -0.15) is 0 Å². The minimum Gasteiger partial charge on any atom is -0.495 e. The lowest BCUT2D eigenvalue weighted by Gasteiger charge is -2.27. The quantitative estimate of drug-likeness (QED) is 0.534. The number of hydrogen-bond acceptors (Lipinski definition) is 4. The number of rotatable bonds is 8. The van der Waals surface area contributed by atoms with Crippen molar-refractivity contribution >= 4 is 21.6 Å². The average Bonchev–Trinajstić information content (AvgIpc) is 2.78. The van der Waals surface area contributed by atoms with Gasteiger partial charge in [-0.05, 0) is 42.0 Å². The van der Waals surface area contributed by atoms with E-state index in [9.17, 15) is 17.6 Å². The monoisotopic (exact) mass is 442 g/mol. The maximum Gasteiger partial charge on any atom is 0.264 e. The van der Waals surface area contributed by atoms with Gasteiger partial charge in [0.2, 0.25) is 5.91 Å². The van der Waals surface area contributed by atoms with Crippen LogP contribution in [0.15, 0.2) is 83.8 Å². The molecule has 162 valence electrons. The van der Waals surface area contributed by atoms with E-state index in [1.54, 1.807) is 31.3 Å². The fourth-order valence-electron chi connectivity index (χ4n) is 3.06. The lowest BCUT2D eigenvalue weighted by molar-refractivity contribution is -0.128. The Bertz CT molecular complexity index is 1140. The van der Waals surface area contributed by atoms with Crippen molar-refractivity contribution in [1.82, 2.24) is 4.90 Å². The molecule has 0 heterocycles. The second-order valence-electron chi connectivity index (χ2n) is 6.87. The Hall–Kier alpha value is -3.39. The fraction of sp³-hybridized carbons (Fsp3) is 0.174. The van der Waals surface area contributed by atoms with Gasteiger partial charge in [-0.3, -0.25) is 9.10 Å². The number of amides is 1. The molecule has 0 aromatic heterocycles. The first-order valence-corrected chi connectivity index (χ1v) is 11.0. The summed E-state index contributed by atoms with van der Waals surface area (Å²) >= 11 is 0. The number of ether oxygens (including phenoxy) is 1. The number of anilines is 1. The topological polar surface area (TPSA) is 66.9 Å². The van der Waals surface area contributed by atoms with E-state index in [4.69, 9.17) is 4.74 Å². The number of sulfonamides is 1. The van der Waals surface area contributed by atoms with E-state index in [0.29, 0.717) is 12.3 Å². The molecule has 0 spiro atoms. The summed E-state index contributed by atoms with van der Waals surface area (Å²) in [5, 5.41) is 0. The number of benzene rings is 3. The van der Waals surface area contributed by atoms with E-state index in [-0.39, 0.29) is 10.6 Å². The molecule has 3 aromatic rings. The highest BCUT2D eigenvalue weighted by Crippen LogP contribution is 2.32. The summed E-state index contributed by atoms with van der Waals surface area (Å²) in [7, 11) is -1.13. The minimum absolute atomic E-state index is 0.127. The van der Waals surface area contributed by atoms with E-state index < -0.39 is 28.3 Å². The highest BCUT2D eigenvalue weighted by molar-refractivity contribution is 7.92. The Morgan fingerprint density at radius 2 is 1.55 bits per heavy atom. The van der Waals surface area contributed by atoms with Crippen molar-refractivity contribution in [2.75, 3.05) is 25.0 Å². The number of likely N-dealkylation sites (N-methyl/N-ethyl adjacent to an activating group) is 1. The number of halogens is 1. The van der Waals surface area contributed by atoms with Crippen LogP contribution >= 0.6 is 0 Å². The number of para-hydroxylation sites is 2. The lowest BCUT2D eigenvalue weighted by Crippen LogP contribution is -2.41. The van der Waals surface area contributed by atoms with Crippen molar-refractivity contribution in [3.8, 4) is 5.75 Å². The first kappa shape index (κ1) is 22.3. The molecule has 0 radical (unpaired) electrons. The Labute approximate surface area is 181 Å². The van der Waals surface area contributed by atoms with Crippen LogP contribution in [0.5, 0.6) is 5.75 Å². The first-order valence-electron chi connectivity index (χ1n) is 9.52. The van der Waals surface area contributed by atoms with Gasteiger partial charge in [-0.1, -0.05) is 42.5 Å². The van der Waals surface area contributed by atoms with Crippen molar-refractivity contribution in [3.63, 3.8) is 0 Å². The van der Waals surface area contributed by atoms with E-state index in [1.165, 1.54) is 24.1 Å². The zero-order valence-corrected chi connectivity index (χ0v) is 18.0. The van der Waals surface area contributed by atoms with Gasteiger partial charge in [0.05, 0.1) is 17.7 Å². The van der Waals surface area contributed by atoms with E-state index in [0.717, 1.165) is 22.0 Å². The molecule has 0 unspecified atom stereocenters. The van der Waals surface area contributed by atoms with Crippen molar-refractivity contribution in [2.24, 2.45) is 0 Å². The molecule has 0 fully saturated rings. The third-order valence-electron chi connectivity index (χ3n) is 4.72. The summed E-state index contributed by atoms with van der Waals surface area (Å²) in [5.74, 6) is -0.659. The summed E-state index contributed by atoms with van der Waals surface area (Å²) in [6.45, 7) is -0.112. The van der Waals surface area contributed by atoms with Gasteiger partial charge in [0.25, 0.3) is 10.0 Å². The van der Waals surface area contributed by atoms with Crippen LogP contribution in [-0.4, -0.2) is 39.9 Å². The number of carbonyl (C=O) groups excluding carboxylic acids is 1. The predicted molar refractivity (Wildman–Crippen MR) is 117 cm³/mol. The molecule has 3 aromatic carbocycles. The van der Waals surface area contributed by atoms with Crippen LogP contribution in [0.25, 0.3) is 0 Å². The molecule has 0 aliphatic heterocycles. The third kappa shape index (κ3) is 5.21. The number of methoxy groups -OCH3 is 1. The van der Waals surface area contributed by atoms with Crippen LogP contribution in [0.3, 0.4) is 0 Å². The Morgan fingerprint density at radius 3 is 2.19 bits per heavy atom. The number of carbonyl (C=O) groups is 1. The van der Waals surface area contributed by atoms with Crippen molar-refractivity contribution in [2.45, 2.75) is 11.4 Å². The van der Waals surface area contributed by atoms with Crippen LogP contribution in [0.2, 0.25) is 0 Å². The molecule has 6 nitrogen and oxygen atoms in total. The normalized spacial score (nSPS) is 11.1. The largest absolute Gasteiger partial charge is 0.495 e. The average molecular weight is 443 g/mol. The molecule has 0 aliphatic carbocycles. The highest BCUT2D eigenvalue weighted by atomic mass is 32.2. The predicted octanol–water partition coefficient (Wildman–Crippen LogP) is 3.69. The maximum atomic E-state index is 13.4. The van der Waals surface area contributed by atoms with Gasteiger partial charge in [-0.25, -0.2) is 12.8 Å². The van der Waals surface area contributed by atoms with Crippen molar-refractivity contribution in [1.29, 1.82) is 0 Å².